The van der Waals surface area contributed by atoms with Crippen molar-refractivity contribution in [2.75, 3.05) is 0 Å². The number of aliphatic hydroxyl groups is 3. The van der Waals surface area contributed by atoms with E-state index in [0.717, 1.165) is 18.4 Å². The lowest BCUT2D eigenvalue weighted by Gasteiger charge is -2.32. The lowest BCUT2D eigenvalue weighted by Crippen LogP contribution is -2.44. The fourth-order valence-electron chi connectivity index (χ4n) is 4.96. The molecule has 3 heteroatoms. The van der Waals surface area contributed by atoms with Gasteiger partial charge in [0.2, 0.25) is 0 Å². The molecule has 18 heavy (non-hydrogen) atoms. The summed E-state index contributed by atoms with van der Waals surface area (Å²) in [5, 5.41) is 31.0. The molecule has 3 saturated carbocycles. The highest BCUT2D eigenvalue weighted by atomic mass is 16.4. The molecule has 3 N–H and O–H groups in total. The molecule has 0 aromatic heterocycles. The van der Waals surface area contributed by atoms with Crippen LogP contribution in [0.3, 0.4) is 0 Å². The van der Waals surface area contributed by atoms with Crippen molar-refractivity contribution < 1.29 is 15.3 Å². The van der Waals surface area contributed by atoms with Crippen molar-refractivity contribution in [3.63, 3.8) is 0 Å². The highest BCUT2D eigenvalue weighted by Crippen LogP contribution is 2.71. The van der Waals surface area contributed by atoms with E-state index in [4.69, 9.17) is 0 Å². The van der Waals surface area contributed by atoms with E-state index in [0.29, 0.717) is 11.8 Å². The van der Waals surface area contributed by atoms with Crippen LogP contribution in [-0.4, -0.2) is 33.1 Å². The molecule has 0 heterocycles. The first-order valence-electron chi connectivity index (χ1n) is 6.97. The summed E-state index contributed by atoms with van der Waals surface area (Å²) in [4.78, 5) is 0. The smallest absolute Gasteiger partial charge is 0.109 e. The summed E-state index contributed by atoms with van der Waals surface area (Å²) in [6.45, 7) is 10.2. The van der Waals surface area contributed by atoms with Gasteiger partial charge in [-0.05, 0) is 37.0 Å². The normalized spacial score (nSPS) is 57.8. The highest BCUT2D eigenvalue weighted by Gasteiger charge is 2.71. The quantitative estimate of drug-likeness (QED) is 0.570. The summed E-state index contributed by atoms with van der Waals surface area (Å²) in [6.07, 6.45) is 0.0839. The van der Waals surface area contributed by atoms with E-state index in [-0.39, 0.29) is 17.3 Å². The number of rotatable bonds is 0. The summed E-state index contributed by atoms with van der Waals surface area (Å²) >= 11 is 0. The third kappa shape index (κ3) is 1.30. The SMILES string of the molecule is C=C1CC[C@H]2[C@@H]([C@@H]3[C@H]1[C@@H](O)[C@@H](O)[C@@]3(C)O)C2(C)C. The zero-order valence-electron chi connectivity index (χ0n) is 11.4. The van der Waals surface area contributed by atoms with Crippen molar-refractivity contribution in [3.8, 4) is 0 Å². The average Bonchev–Trinajstić information content (AvgIpc) is 2.81. The van der Waals surface area contributed by atoms with Gasteiger partial charge in [0.1, 0.15) is 6.10 Å². The van der Waals surface area contributed by atoms with Crippen LogP contribution in [0.25, 0.3) is 0 Å². The molecule has 102 valence electrons. The van der Waals surface area contributed by atoms with Gasteiger partial charge in [-0.25, -0.2) is 0 Å². The van der Waals surface area contributed by atoms with Crippen LogP contribution in [0.1, 0.15) is 33.6 Å². The van der Waals surface area contributed by atoms with Crippen LogP contribution in [0.15, 0.2) is 12.2 Å². The molecule has 0 unspecified atom stereocenters. The van der Waals surface area contributed by atoms with Crippen molar-refractivity contribution in [1.29, 1.82) is 0 Å². The molecule has 3 aliphatic rings. The topological polar surface area (TPSA) is 60.7 Å². The molecule has 0 aliphatic heterocycles. The lowest BCUT2D eigenvalue weighted by molar-refractivity contribution is -0.0965. The van der Waals surface area contributed by atoms with Crippen molar-refractivity contribution in [2.24, 2.45) is 29.1 Å². The predicted molar refractivity (Wildman–Crippen MR) is 68.8 cm³/mol. The lowest BCUT2D eigenvalue weighted by atomic mass is 9.77. The van der Waals surface area contributed by atoms with Crippen molar-refractivity contribution in [1.82, 2.24) is 0 Å². The maximum absolute atomic E-state index is 10.6. The molecule has 0 amide bonds. The first-order chi connectivity index (χ1) is 8.20. The Labute approximate surface area is 109 Å². The molecule has 3 aliphatic carbocycles. The third-order valence-electron chi connectivity index (χ3n) is 6.13. The van der Waals surface area contributed by atoms with Crippen molar-refractivity contribution in [2.45, 2.75) is 51.4 Å². The van der Waals surface area contributed by atoms with Gasteiger partial charge in [0.05, 0.1) is 11.7 Å². The second-order valence-electron chi connectivity index (χ2n) is 7.36. The molecule has 7 atom stereocenters. The van der Waals surface area contributed by atoms with Crippen LogP contribution in [0.4, 0.5) is 0 Å². The minimum absolute atomic E-state index is 0.0579. The second kappa shape index (κ2) is 3.38. The first-order valence-corrected chi connectivity index (χ1v) is 6.97. The van der Waals surface area contributed by atoms with Gasteiger partial charge in [0.25, 0.3) is 0 Å². The van der Waals surface area contributed by atoms with E-state index in [9.17, 15) is 15.3 Å². The number of hydrogen-bond donors (Lipinski definition) is 3. The molecule has 0 radical (unpaired) electrons. The number of hydrogen-bond acceptors (Lipinski definition) is 3. The molecule has 0 bridgehead atoms. The molecule has 3 nitrogen and oxygen atoms in total. The fraction of sp³-hybridized carbons (Fsp3) is 0.867. The van der Waals surface area contributed by atoms with E-state index in [2.05, 4.69) is 20.4 Å². The Balaban J connectivity index is 2.05. The second-order valence-corrected chi connectivity index (χ2v) is 7.36. The summed E-state index contributed by atoms with van der Waals surface area (Å²) in [5.41, 5.74) is 0.0261. The van der Waals surface area contributed by atoms with Gasteiger partial charge in [0.15, 0.2) is 0 Å². The van der Waals surface area contributed by atoms with Gasteiger partial charge in [-0.15, -0.1) is 0 Å². The van der Waals surface area contributed by atoms with Gasteiger partial charge in [-0.3, -0.25) is 0 Å². The van der Waals surface area contributed by atoms with Gasteiger partial charge in [0, 0.05) is 11.8 Å². The van der Waals surface area contributed by atoms with Crippen LogP contribution in [0.5, 0.6) is 0 Å². The fourth-order valence-corrected chi connectivity index (χ4v) is 4.96. The van der Waals surface area contributed by atoms with Gasteiger partial charge < -0.3 is 15.3 Å². The Hall–Kier alpha value is -0.380. The molecule has 0 aromatic rings. The van der Waals surface area contributed by atoms with E-state index in [1.807, 2.05) is 0 Å². The summed E-state index contributed by atoms with van der Waals surface area (Å²) < 4.78 is 0. The Kier molecular flexibility index (Phi) is 2.38. The molecule has 3 fully saturated rings. The highest BCUT2D eigenvalue weighted by molar-refractivity contribution is 5.26. The average molecular weight is 252 g/mol. The molecule has 3 rings (SSSR count). The van der Waals surface area contributed by atoms with E-state index in [1.54, 1.807) is 6.92 Å². The first kappa shape index (κ1) is 12.6. The molecular weight excluding hydrogens is 228 g/mol. The van der Waals surface area contributed by atoms with Crippen LogP contribution in [0.2, 0.25) is 0 Å². The summed E-state index contributed by atoms with van der Waals surface area (Å²) in [7, 11) is 0. The zero-order valence-corrected chi connectivity index (χ0v) is 11.4. The van der Waals surface area contributed by atoms with Crippen LogP contribution in [-0.2, 0) is 0 Å². The minimum Gasteiger partial charge on any atom is -0.390 e. The van der Waals surface area contributed by atoms with Crippen molar-refractivity contribution in [3.05, 3.63) is 12.2 Å². The predicted octanol–water partition coefficient (Wildman–Crippen LogP) is 1.33. The zero-order chi connectivity index (χ0) is 13.5. The van der Waals surface area contributed by atoms with E-state index >= 15 is 0 Å². The Morgan fingerprint density at radius 1 is 1.17 bits per heavy atom. The van der Waals surface area contributed by atoms with E-state index in [1.165, 1.54) is 0 Å². The molecule has 0 aromatic carbocycles. The monoisotopic (exact) mass is 252 g/mol. The Morgan fingerprint density at radius 3 is 2.39 bits per heavy atom. The molecule has 0 saturated heterocycles. The number of fused-ring (bicyclic) bond motifs is 3. The molecular formula is C15H24O3. The summed E-state index contributed by atoms with van der Waals surface area (Å²) in [6, 6.07) is 0. The van der Waals surface area contributed by atoms with Crippen LogP contribution in [0, 0.1) is 29.1 Å². The Morgan fingerprint density at radius 2 is 1.78 bits per heavy atom. The number of aliphatic hydroxyl groups excluding tert-OH is 2. The van der Waals surface area contributed by atoms with E-state index < -0.39 is 17.8 Å². The summed E-state index contributed by atoms with van der Waals surface area (Å²) in [5.74, 6) is 0.779. The Bertz CT molecular complexity index is 399. The molecule has 0 spiro atoms. The maximum Gasteiger partial charge on any atom is 0.109 e. The van der Waals surface area contributed by atoms with Crippen LogP contribution < -0.4 is 0 Å². The van der Waals surface area contributed by atoms with Gasteiger partial charge in [-0.2, -0.15) is 0 Å². The maximum atomic E-state index is 10.6. The van der Waals surface area contributed by atoms with Gasteiger partial charge >= 0.3 is 0 Å². The minimum atomic E-state index is -1.20. The van der Waals surface area contributed by atoms with Crippen molar-refractivity contribution >= 4 is 0 Å². The third-order valence-corrected chi connectivity index (χ3v) is 6.13. The van der Waals surface area contributed by atoms with Gasteiger partial charge in [-0.1, -0.05) is 26.0 Å². The van der Waals surface area contributed by atoms with Crippen LogP contribution >= 0.6 is 0 Å². The largest absolute Gasteiger partial charge is 0.390 e. The standard InChI is InChI=1S/C15H24O3/c1-7-5-6-8-10(14(8,2)3)11-9(7)12(16)13(17)15(11,4)18/h8-13,16-18H,1,5-6H2,2-4H3/t8-,9-,10-,11-,12+,13+,15-/m0/s1.